The van der Waals surface area contributed by atoms with Crippen LogP contribution in [-0.4, -0.2) is 11.3 Å². The van der Waals surface area contributed by atoms with Crippen LogP contribution in [0.5, 0.6) is 0 Å². The van der Waals surface area contributed by atoms with E-state index in [4.69, 9.17) is 23.2 Å². The number of benzene rings is 1. The van der Waals surface area contributed by atoms with Gasteiger partial charge in [0.1, 0.15) is 5.38 Å². The van der Waals surface area contributed by atoms with Gasteiger partial charge in [-0.25, -0.2) is 0 Å². The van der Waals surface area contributed by atoms with Crippen LogP contribution in [0, 0.1) is 0 Å². The standard InChI is InChI=1S/C10H7Cl2F3OS/c1-5(16)8(11)6-3-2-4-7(9(6)12)17-10(13,14)15/h2-4,8H,1H3. The molecule has 0 fully saturated rings. The number of hydrogen-bond donors (Lipinski definition) is 0. The van der Waals surface area contributed by atoms with Crippen LogP contribution in [0.1, 0.15) is 17.9 Å². The number of ketones is 1. The van der Waals surface area contributed by atoms with Crippen LogP contribution >= 0.6 is 35.0 Å². The van der Waals surface area contributed by atoms with Gasteiger partial charge in [0.25, 0.3) is 0 Å². The Bertz CT molecular complexity index is 434. The van der Waals surface area contributed by atoms with E-state index < -0.39 is 10.9 Å². The quantitative estimate of drug-likeness (QED) is 0.588. The number of Topliss-reactive ketones (excluding diaryl/α,β-unsaturated/α-hetero) is 1. The summed E-state index contributed by atoms with van der Waals surface area (Å²) in [5.74, 6) is -0.372. The van der Waals surface area contributed by atoms with Gasteiger partial charge in [-0.2, -0.15) is 13.2 Å². The molecule has 0 heterocycles. The fraction of sp³-hybridized carbons (Fsp3) is 0.300. The first-order valence-electron chi connectivity index (χ1n) is 4.41. The van der Waals surface area contributed by atoms with Gasteiger partial charge in [-0.1, -0.05) is 23.7 Å². The third kappa shape index (κ3) is 4.08. The minimum absolute atomic E-state index is 0.134. The van der Waals surface area contributed by atoms with E-state index in [0.717, 1.165) is 0 Å². The van der Waals surface area contributed by atoms with E-state index in [-0.39, 0.29) is 33.0 Å². The van der Waals surface area contributed by atoms with E-state index in [0.29, 0.717) is 0 Å². The van der Waals surface area contributed by atoms with Gasteiger partial charge in [0, 0.05) is 4.90 Å². The highest BCUT2D eigenvalue weighted by atomic mass is 35.5. The molecule has 7 heteroatoms. The predicted molar refractivity (Wildman–Crippen MR) is 62.6 cm³/mol. The Morgan fingerprint density at radius 1 is 1.41 bits per heavy atom. The number of hydrogen-bond acceptors (Lipinski definition) is 2. The highest BCUT2D eigenvalue weighted by Gasteiger charge is 2.31. The second-order valence-electron chi connectivity index (χ2n) is 3.18. The van der Waals surface area contributed by atoms with Crippen LogP contribution in [0.4, 0.5) is 13.2 Å². The summed E-state index contributed by atoms with van der Waals surface area (Å²) in [6, 6.07) is 4.04. The molecule has 1 atom stereocenters. The van der Waals surface area contributed by atoms with Crippen molar-refractivity contribution in [3.05, 3.63) is 28.8 Å². The van der Waals surface area contributed by atoms with Crippen molar-refractivity contribution < 1.29 is 18.0 Å². The first-order valence-corrected chi connectivity index (χ1v) is 6.04. The van der Waals surface area contributed by atoms with Crippen LogP contribution in [-0.2, 0) is 4.79 Å². The molecule has 0 aliphatic rings. The fourth-order valence-electron chi connectivity index (χ4n) is 1.15. The molecular weight excluding hydrogens is 296 g/mol. The van der Waals surface area contributed by atoms with Crippen molar-refractivity contribution >= 4 is 40.7 Å². The minimum Gasteiger partial charge on any atom is -0.298 e. The normalized spacial score (nSPS) is 13.5. The lowest BCUT2D eigenvalue weighted by Crippen LogP contribution is -2.04. The third-order valence-corrected chi connectivity index (χ3v) is 3.72. The molecule has 1 aromatic carbocycles. The van der Waals surface area contributed by atoms with Gasteiger partial charge in [-0.3, -0.25) is 4.79 Å². The van der Waals surface area contributed by atoms with Gasteiger partial charge in [0.15, 0.2) is 5.78 Å². The maximum Gasteiger partial charge on any atom is 0.446 e. The van der Waals surface area contributed by atoms with Crippen molar-refractivity contribution in [1.82, 2.24) is 0 Å². The predicted octanol–water partition coefficient (Wildman–Crippen LogP) is 4.82. The van der Waals surface area contributed by atoms with Crippen molar-refractivity contribution in [3.8, 4) is 0 Å². The summed E-state index contributed by atoms with van der Waals surface area (Å²) >= 11 is 11.2. The molecule has 0 aromatic heterocycles. The van der Waals surface area contributed by atoms with E-state index in [1.54, 1.807) is 0 Å². The van der Waals surface area contributed by atoms with Crippen LogP contribution < -0.4 is 0 Å². The molecule has 0 aliphatic heterocycles. The Hall–Kier alpha value is -0.390. The zero-order valence-corrected chi connectivity index (χ0v) is 10.8. The Morgan fingerprint density at radius 3 is 2.47 bits per heavy atom. The Balaban J connectivity index is 3.12. The first-order chi connectivity index (χ1) is 7.72. The number of carbonyl (C=O) groups excluding carboxylic acids is 1. The van der Waals surface area contributed by atoms with Gasteiger partial charge >= 0.3 is 5.51 Å². The van der Waals surface area contributed by atoms with Crippen molar-refractivity contribution in [2.24, 2.45) is 0 Å². The smallest absolute Gasteiger partial charge is 0.298 e. The lowest BCUT2D eigenvalue weighted by atomic mass is 10.1. The van der Waals surface area contributed by atoms with Gasteiger partial charge in [-0.05, 0) is 30.3 Å². The molecule has 1 nitrogen and oxygen atoms in total. The second kappa shape index (κ2) is 5.50. The average Bonchev–Trinajstić information content (AvgIpc) is 2.18. The molecular formula is C10H7Cl2F3OS. The molecule has 0 radical (unpaired) electrons. The lowest BCUT2D eigenvalue weighted by molar-refractivity contribution is -0.116. The van der Waals surface area contributed by atoms with Gasteiger partial charge in [0.05, 0.1) is 5.02 Å². The molecule has 0 saturated heterocycles. The molecule has 0 saturated carbocycles. The molecule has 0 bridgehead atoms. The highest BCUT2D eigenvalue weighted by molar-refractivity contribution is 8.00. The monoisotopic (exact) mass is 302 g/mol. The third-order valence-electron chi connectivity index (χ3n) is 1.85. The molecule has 0 spiro atoms. The van der Waals surface area contributed by atoms with E-state index in [1.165, 1.54) is 25.1 Å². The minimum atomic E-state index is -4.43. The summed E-state index contributed by atoms with van der Waals surface area (Å²) in [5, 5.41) is -1.17. The number of alkyl halides is 4. The summed E-state index contributed by atoms with van der Waals surface area (Å²) in [4.78, 5) is 10.9. The van der Waals surface area contributed by atoms with Crippen molar-refractivity contribution in [2.75, 3.05) is 0 Å². The molecule has 0 N–H and O–H groups in total. The number of halogens is 5. The Morgan fingerprint density at radius 2 is 2.00 bits per heavy atom. The summed E-state index contributed by atoms with van der Waals surface area (Å²) in [7, 11) is 0. The van der Waals surface area contributed by atoms with E-state index in [9.17, 15) is 18.0 Å². The molecule has 0 amide bonds. The topological polar surface area (TPSA) is 17.1 Å². The lowest BCUT2D eigenvalue weighted by Gasteiger charge is -2.12. The van der Waals surface area contributed by atoms with Crippen molar-refractivity contribution in [1.29, 1.82) is 0 Å². The fourth-order valence-corrected chi connectivity index (χ4v) is 2.34. The SMILES string of the molecule is CC(=O)C(Cl)c1cccc(SC(F)(F)F)c1Cl. The van der Waals surface area contributed by atoms with Crippen LogP contribution in [0.15, 0.2) is 23.1 Å². The maximum atomic E-state index is 12.2. The first kappa shape index (κ1) is 14.7. The zero-order valence-electron chi connectivity index (χ0n) is 8.52. The van der Waals surface area contributed by atoms with Crippen LogP contribution in [0.25, 0.3) is 0 Å². The molecule has 94 valence electrons. The molecule has 1 aromatic rings. The largest absolute Gasteiger partial charge is 0.446 e. The Labute approximate surface area is 110 Å². The molecule has 1 unspecified atom stereocenters. The van der Waals surface area contributed by atoms with E-state index in [1.807, 2.05) is 0 Å². The van der Waals surface area contributed by atoms with Gasteiger partial charge in [-0.15, -0.1) is 11.6 Å². The Kier molecular flexibility index (Phi) is 4.75. The van der Waals surface area contributed by atoms with Gasteiger partial charge in [0.2, 0.25) is 0 Å². The summed E-state index contributed by atoms with van der Waals surface area (Å²) in [6.07, 6.45) is 0. The zero-order chi connectivity index (χ0) is 13.2. The van der Waals surface area contributed by atoms with Crippen molar-refractivity contribution in [2.45, 2.75) is 22.7 Å². The van der Waals surface area contributed by atoms with Crippen molar-refractivity contribution in [3.63, 3.8) is 0 Å². The average molecular weight is 303 g/mol. The summed E-state index contributed by atoms with van der Waals surface area (Å²) in [6.45, 7) is 1.25. The summed E-state index contributed by atoms with van der Waals surface area (Å²) < 4.78 is 36.7. The second-order valence-corrected chi connectivity index (χ2v) is 5.10. The molecule has 1 rings (SSSR count). The van der Waals surface area contributed by atoms with E-state index >= 15 is 0 Å². The van der Waals surface area contributed by atoms with E-state index in [2.05, 4.69) is 0 Å². The highest BCUT2D eigenvalue weighted by Crippen LogP contribution is 2.43. The molecule has 0 aliphatic carbocycles. The summed E-state index contributed by atoms with van der Waals surface area (Å²) in [5.41, 5.74) is -4.24. The van der Waals surface area contributed by atoms with Crippen LogP contribution in [0.2, 0.25) is 5.02 Å². The maximum absolute atomic E-state index is 12.2. The molecule has 17 heavy (non-hydrogen) atoms. The number of thioether (sulfide) groups is 1. The number of rotatable bonds is 3. The number of carbonyl (C=O) groups is 1. The van der Waals surface area contributed by atoms with Gasteiger partial charge < -0.3 is 0 Å². The van der Waals surface area contributed by atoms with Crippen LogP contribution in [0.3, 0.4) is 0 Å².